The van der Waals surface area contributed by atoms with Gasteiger partial charge in [0.25, 0.3) is 0 Å². The minimum absolute atomic E-state index is 0.224. The van der Waals surface area contributed by atoms with Gasteiger partial charge in [0.15, 0.2) is 5.82 Å². The van der Waals surface area contributed by atoms with Gasteiger partial charge in [0.05, 0.1) is 10.2 Å². The van der Waals surface area contributed by atoms with Crippen molar-refractivity contribution in [2.24, 2.45) is 11.7 Å². The second-order valence-corrected chi connectivity index (χ2v) is 7.30. The molecule has 2 N–H and O–H groups in total. The standard InChI is InChI=1S/C16H20BrFN2S/c17-14-11(16(19)21)7-8-13(15(14)18)20-9-3-5-10-4-1-2-6-12(10)20/h7-8,10,12H,1-6,9H2,(H2,19,21). The molecule has 2 fully saturated rings. The highest BCUT2D eigenvalue weighted by molar-refractivity contribution is 9.10. The number of thiocarbonyl (C=S) groups is 1. The van der Waals surface area contributed by atoms with Crippen LogP contribution in [0.15, 0.2) is 16.6 Å². The fourth-order valence-electron chi connectivity index (χ4n) is 3.88. The van der Waals surface area contributed by atoms with Gasteiger partial charge in [0, 0.05) is 18.2 Å². The van der Waals surface area contributed by atoms with Crippen molar-refractivity contribution in [3.05, 3.63) is 28.0 Å². The monoisotopic (exact) mass is 370 g/mol. The van der Waals surface area contributed by atoms with E-state index in [1.807, 2.05) is 12.1 Å². The molecule has 0 amide bonds. The van der Waals surface area contributed by atoms with E-state index in [-0.39, 0.29) is 10.8 Å². The van der Waals surface area contributed by atoms with Gasteiger partial charge < -0.3 is 10.6 Å². The molecule has 1 saturated heterocycles. The van der Waals surface area contributed by atoms with Gasteiger partial charge in [-0.3, -0.25) is 0 Å². The third-order valence-electron chi connectivity index (χ3n) is 4.88. The molecule has 3 rings (SSSR count). The van der Waals surface area contributed by atoms with E-state index in [1.165, 1.54) is 32.1 Å². The summed E-state index contributed by atoms with van der Waals surface area (Å²) in [6, 6.07) is 4.16. The molecule has 21 heavy (non-hydrogen) atoms. The molecule has 1 aliphatic heterocycles. The molecule has 0 bridgehead atoms. The highest BCUT2D eigenvalue weighted by atomic mass is 79.9. The molecular formula is C16H20BrFN2S. The number of fused-ring (bicyclic) bond motifs is 1. The summed E-state index contributed by atoms with van der Waals surface area (Å²) in [5.41, 5.74) is 6.91. The van der Waals surface area contributed by atoms with Crippen LogP contribution in [-0.2, 0) is 0 Å². The van der Waals surface area contributed by atoms with Crippen molar-refractivity contribution in [2.75, 3.05) is 11.4 Å². The fourth-order valence-corrected chi connectivity index (χ4v) is 4.73. The van der Waals surface area contributed by atoms with Crippen LogP contribution in [0.2, 0.25) is 0 Å². The van der Waals surface area contributed by atoms with E-state index in [4.69, 9.17) is 18.0 Å². The predicted molar refractivity (Wildman–Crippen MR) is 92.3 cm³/mol. The number of nitrogens with zero attached hydrogens (tertiary/aromatic N) is 1. The molecule has 2 unspecified atom stereocenters. The van der Waals surface area contributed by atoms with Gasteiger partial charge in [-0.05, 0) is 59.7 Å². The summed E-state index contributed by atoms with van der Waals surface area (Å²) in [6.07, 6.45) is 7.48. The Morgan fingerprint density at radius 2 is 1.95 bits per heavy atom. The summed E-state index contributed by atoms with van der Waals surface area (Å²) in [5, 5.41) is 0. The lowest BCUT2D eigenvalue weighted by Crippen LogP contribution is -2.47. The van der Waals surface area contributed by atoms with Gasteiger partial charge in [-0.15, -0.1) is 0 Å². The predicted octanol–water partition coefficient (Wildman–Crippen LogP) is 4.38. The van der Waals surface area contributed by atoms with Crippen molar-refractivity contribution >= 4 is 38.8 Å². The Bertz CT molecular complexity index is 561. The number of hydrogen-bond donors (Lipinski definition) is 1. The molecule has 0 spiro atoms. The topological polar surface area (TPSA) is 29.3 Å². The zero-order chi connectivity index (χ0) is 15.0. The molecule has 0 aromatic heterocycles. The molecule has 1 heterocycles. The molecule has 114 valence electrons. The number of piperidine rings is 1. The van der Waals surface area contributed by atoms with Crippen LogP contribution < -0.4 is 10.6 Å². The Kier molecular flexibility index (Phi) is 4.50. The summed E-state index contributed by atoms with van der Waals surface area (Å²) in [6.45, 7) is 0.941. The maximum absolute atomic E-state index is 14.8. The Morgan fingerprint density at radius 1 is 1.24 bits per heavy atom. The van der Waals surface area contributed by atoms with Gasteiger partial charge in [-0.2, -0.15) is 0 Å². The lowest BCUT2D eigenvalue weighted by molar-refractivity contribution is 0.242. The van der Waals surface area contributed by atoms with E-state index in [0.29, 0.717) is 21.8 Å². The highest BCUT2D eigenvalue weighted by Crippen LogP contribution is 2.40. The van der Waals surface area contributed by atoms with Crippen molar-refractivity contribution in [3.8, 4) is 0 Å². The molecule has 1 saturated carbocycles. The van der Waals surface area contributed by atoms with E-state index in [9.17, 15) is 4.39 Å². The van der Waals surface area contributed by atoms with Crippen molar-refractivity contribution in [1.82, 2.24) is 0 Å². The fraction of sp³-hybridized carbons (Fsp3) is 0.562. The van der Waals surface area contributed by atoms with E-state index in [1.54, 1.807) is 0 Å². The maximum Gasteiger partial charge on any atom is 0.161 e. The van der Waals surface area contributed by atoms with Crippen LogP contribution >= 0.6 is 28.1 Å². The largest absolute Gasteiger partial charge is 0.389 e. The van der Waals surface area contributed by atoms with Gasteiger partial charge >= 0.3 is 0 Å². The Morgan fingerprint density at radius 3 is 2.71 bits per heavy atom. The van der Waals surface area contributed by atoms with Crippen molar-refractivity contribution in [1.29, 1.82) is 0 Å². The second kappa shape index (κ2) is 6.21. The van der Waals surface area contributed by atoms with Crippen LogP contribution in [0.4, 0.5) is 10.1 Å². The number of nitrogens with two attached hydrogens (primary N) is 1. The van der Waals surface area contributed by atoms with Crippen LogP contribution in [0, 0.1) is 11.7 Å². The number of hydrogen-bond acceptors (Lipinski definition) is 2. The minimum Gasteiger partial charge on any atom is -0.389 e. The molecule has 2 atom stereocenters. The van der Waals surface area contributed by atoms with E-state index < -0.39 is 0 Å². The van der Waals surface area contributed by atoms with Gasteiger partial charge in [0.1, 0.15) is 4.99 Å². The lowest BCUT2D eigenvalue weighted by atomic mass is 9.78. The van der Waals surface area contributed by atoms with Gasteiger partial charge in [0.2, 0.25) is 0 Å². The second-order valence-electron chi connectivity index (χ2n) is 6.07. The Hall–Kier alpha value is -0.680. The lowest BCUT2D eigenvalue weighted by Gasteiger charge is -2.45. The van der Waals surface area contributed by atoms with Crippen LogP contribution in [-0.4, -0.2) is 17.6 Å². The summed E-state index contributed by atoms with van der Waals surface area (Å²) in [7, 11) is 0. The minimum atomic E-state index is -0.230. The van der Waals surface area contributed by atoms with Gasteiger partial charge in [-0.25, -0.2) is 4.39 Å². The summed E-state index contributed by atoms with van der Waals surface area (Å²) in [5.74, 6) is 0.493. The van der Waals surface area contributed by atoms with E-state index >= 15 is 0 Å². The first-order valence-electron chi connectivity index (χ1n) is 7.64. The van der Waals surface area contributed by atoms with E-state index in [0.717, 1.165) is 18.9 Å². The van der Waals surface area contributed by atoms with Crippen LogP contribution in [0.1, 0.15) is 44.1 Å². The van der Waals surface area contributed by atoms with Gasteiger partial charge in [-0.1, -0.05) is 25.1 Å². The first-order valence-corrected chi connectivity index (χ1v) is 8.84. The van der Waals surface area contributed by atoms with Crippen LogP contribution in [0.5, 0.6) is 0 Å². The average molecular weight is 371 g/mol. The molecule has 2 aliphatic rings. The molecular weight excluding hydrogens is 351 g/mol. The quantitative estimate of drug-likeness (QED) is 0.783. The smallest absolute Gasteiger partial charge is 0.161 e. The number of anilines is 1. The van der Waals surface area contributed by atoms with E-state index in [2.05, 4.69) is 20.8 Å². The maximum atomic E-state index is 14.8. The zero-order valence-electron chi connectivity index (χ0n) is 11.9. The molecule has 5 heteroatoms. The third kappa shape index (κ3) is 2.82. The molecule has 0 radical (unpaired) electrons. The zero-order valence-corrected chi connectivity index (χ0v) is 14.4. The SMILES string of the molecule is NC(=S)c1ccc(N2CCCC3CCCCC32)c(F)c1Br. The van der Waals surface area contributed by atoms with Crippen LogP contribution in [0.25, 0.3) is 0 Å². The van der Waals surface area contributed by atoms with Crippen molar-refractivity contribution in [2.45, 2.75) is 44.6 Å². The first-order chi connectivity index (χ1) is 10.1. The number of halogens is 2. The molecule has 1 aliphatic carbocycles. The average Bonchev–Trinajstić information content (AvgIpc) is 2.49. The third-order valence-corrected chi connectivity index (χ3v) is 5.88. The normalized spacial score (nSPS) is 25.5. The highest BCUT2D eigenvalue weighted by Gasteiger charge is 2.34. The summed E-state index contributed by atoms with van der Waals surface area (Å²) in [4.78, 5) is 2.50. The van der Waals surface area contributed by atoms with Crippen LogP contribution in [0.3, 0.4) is 0 Å². The Labute approximate surface area is 139 Å². The number of rotatable bonds is 2. The summed E-state index contributed by atoms with van der Waals surface area (Å²) < 4.78 is 15.2. The Balaban J connectivity index is 1.95. The van der Waals surface area contributed by atoms with Crippen molar-refractivity contribution < 1.29 is 4.39 Å². The first kappa shape index (κ1) is 15.2. The molecule has 1 aromatic rings. The molecule has 2 nitrogen and oxygen atoms in total. The molecule has 1 aromatic carbocycles. The van der Waals surface area contributed by atoms with Crippen molar-refractivity contribution in [3.63, 3.8) is 0 Å². The number of benzene rings is 1. The summed E-state index contributed by atoms with van der Waals surface area (Å²) >= 11 is 8.29.